The molecule has 0 amide bonds. The molecule has 2 heterocycles. The maximum absolute atomic E-state index is 9.26. The summed E-state index contributed by atoms with van der Waals surface area (Å²) in [6.45, 7) is 6.18. The summed E-state index contributed by atoms with van der Waals surface area (Å²) in [7, 11) is 4.20. The van der Waals surface area contributed by atoms with Crippen LogP contribution >= 0.6 is 11.6 Å². The highest BCUT2D eigenvalue weighted by molar-refractivity contribution is 6.31. The normalized spacial score (nSPS) is 16.9. The molecule has 0 aromatic carbocycles. The molecule has 1 saturated heterocycles. The summed E-state index contributed by atoms with van der Waals surface area (Å²) in [6.07, 6.45) is 1.63. The van der Waals surface area contributed by atoms with E-state index in [1.165, 1.54) is 0 Å². The Balaban J connectivity index is 1.90. The van der Waals surface area contributed by atoms with Crippen molar-refractivity contribution in [1.82, 2.24) is 14.8 Å². The van der Waals surface area contributed by atoms with Crippen LogP contribution in [0.4, 0.5) is 5.82 Å². The number of hydrogen-bond donors (Lipinski definition) is 1. The van der Waals surface area contributed by atoms with Crippen molar-refractivity contribution in [3.05, 3.63) is 22.8 Å². The first-order valence-electron chi connectivity index (χ1n) is 6.97. The minimum Gasteiger partial charge on any atom is -0.392 e. The van der Waals surface area contributed by atoms with Gasteiger partial charge in [-0.05, 0) is 20.2 Å². The third-order valence-electron chi connectivity index (χ3n) is 3.65. The maximum Gasteiger partial charge on any atom is 0.129 e. The molecule has 1 fully saturated rings. The van der Waals surface area contributed by atoms with E-state index in [0.29, 0.717) is 5.02 Å². The van der Waals surface area contributed by atoms with Gasteiger partial charge in [0.2, 0.25) is 0 Å². The second-order valence-electron chi connectivity index (χ2n) is 5.42. The predicted octanol–water partition coefficient (Wildman–Crippen LogP) is 0.911. The number of likely N-dealkylation sites (N-methyl/N-ethyl adjacent to an activating group) is 1. The van der Waals surface area contributed by atoms with E-state index in [1.807, 2.05) is 6.07 Å². The summed E-state index contributed by atoms with van der Waals surface area (Å²) in [5.41, 5.74) is 0.742. The first-order chi connectivity index (χ1) is 9.60. The van der Waals surface area contributed by atoms with E-state index in [4.69, 9.17) is 11.6 Å². The molecule has 1 N–H and O–H groups in total. The zero-order chi connectivity index (χ0) is 14.5. The third-order valence-corrected chi connectivity index (χ3v) is 3.99. The van der Waals surface area contributed by atoms with E-state index in [1.54, 1.807) is 6.20 Å². The molecule has 112 valence electrons. The van der Waals surface area contributed by atoms with Crippen LogP contribution in [0.5, 0.6) is 0 Å². The number of aliphatic hydroxyl groups is 1. The summed E-state index contributed by atoms with van der Waals surface area (Å²) in [4.78, 5) is 11.3. The molecule has 0 radical (unpaired) electrons. The van der Waals surface area contributed by atoms with Crippen LogP contribution in [-0.4, -0.2) is 73.3 Å². The van der Waals surface area contributed by atoms with Crippen LogP contribution < -0.4 is 4.90 Å². The standard InChI is InChI=1S/C14H23ClN4O/c1-17(2)3-4-18-5-7-19(8-6-18)14-9-12(11-20)13(15)10-16-14/h9-10,20H,3-8,11H2,1-2H3. The Morgan fingerprint density at radius 1 is 1.30 bits per heavy atom. The second kappa shape index (κ2) is 7.22. The highest BCUT2D eigenvalue weighted by Gasteiger charge is 2.18. The number of aromatic nitrogens is 1. The third kappa shape index (κ3) is 4.06. The first-order valence-corrected chi connectivity index (χ1v) is 7.35. The van der Waals surface area contributed by atoms with Gasteiger partial charge in [0.25, 0.3) is 0 Å². The van der Waals surface area contributed by atoms with Gasteiger partial charge in [-0.3, -0.25) is 4.90 Å². The predicted molar refractivity (Wildman–Crippen MR) is 82.4 cm³/mol. The van der Waals surface area contributed by atoms with Crippen LogP contribution in [0.15, 0.2) is 12.3 Å². The minimum atomic E-state index is -0.0445. The zero-order valence-electron chi connectivity index (χ0n) is 12.2. The summed E-state index contributed by atoms with van der Waals surface area (Å²) >= 11 is 5.98. The minimum absolute atomic E-state index is 0.0445. The Morgan fingerprint density at radius 3 is 2.60 bits per heavy atom. The Bertz CT molecular complexity index is 433. The van der Waals surface area contributed by atoms with Crippen LogP contribution in [0, 0.1) is 0 Å². The smallest absolute Gasteiger partial charge is 0.129 e. The lowest BCUT2D eigenvalue weighted by Crippen LogP contribution is -2.48. The average molecular weight is 299 g/mol. The van der Waals surface area contributed by atoms with Crippen molar-refractivity contribution in [3.63, 3.8) is 0 Å². The molecule has 6 heteroatoms. The van der Waals surface area contributed by atoms with E-state index in [0.717, 1.165) is 50.6 Å². The number of halogens is 1. The monoisotopic (exact) mass is 298 g/mol. The largest absolute Gasteiger partial charge is 0.392 e. The molecule has 2 rings (SSSR count). The van der Waals surface area contributed by atoms with Gasteiger partial charge in [-0.2, -0.15) is 0 Å². The van der Waals surface area contributed by atoms with Crippen molar-refractivity contribution in [3.8, 4) is 0 Å². The van der Waals surface area contributed by atoms with E-state index in [9.17, 15) is 5.11 Å². The van der Waals surface area contributed by atoms with E-state index in [2.05, 4.69) is 33.8 Å². The Hall–Kier alpha value is -0.880. The lowest BCUT2D eigenvalue weighted by molar-refractivity contribution is 0.229. The van der Waals surface area contributed by atoms with Gasteiger partial charge in [0.05, 0.1) is 11.6 Å². The topological polar surface area (TPSA) is 42.8 Å². The van der Waals surface area contributed by atoms with Crippen molar-refractivity contribution in [2.45, 2.75) is 6.61 Å². The van der Waals surface area contributed by atoms with Crippen LogP contribution in [0.2, 0.25) is 5.02 Å². The average Bonchev–Trinajstić information content (AvgIpc) is 2.46. The number of hydrogen-bond acceptors (Lipinski definition) is 5. The molecular formula is C14H23ClN4O. The molecule has 0 bridgehead atoms. The van der Waals surface area contributed by atoms with Gasteiger partial charge in [-0.15, -0.1) is 0 Å². The van der Waals surface area contributed by atoms with Gasteiger partial charge >= 0.3 is 0 Å². The highest BCUT2D eigenvalue weighted by atomic mass is 35.5. The van der Waals surface area contributed by atoms with Crippen molar-refractivity contribution in [2.75, 3.05) is 58.3 Å². The van der Waals surface area contributed by atoms with E-state index >= 15 is 0 Å². The van der Waals surface area contributed by atoms with Crippen LogP contribution in [-0.2, 0) is 6.61 Å². The molecule has 1 aliphatic heterocycles. The molecule has 0 saturated carbocycles. The summed E-state index contributed by atoms with van der Waals surface area (Å²) < 4.78 is 0. The Labute approximate surface area is 125 Å². The maximum atomic E-state index is 9.26. The fourth-order valence-corrected chi connectivity index (χ4v) is 2.47. The van der Waals surface area contributed by atoms with Gasteiger partial charge in [-0.1, -0.05) is 11.6 Å². The zero-order valence-corrected chi connectivity index (χ0v) is 13.0. The molecule has 1 aromatic rings. The number of pyridine rings is 1. The van der Waals surface area contributed by atoms with Gasteiger partial charge in [-0.25, -0.2) is 4.98 Å². The SMILES string of the molecule is CN(C)CCN1CCN(c2cc(CO)c(Cl)cn2)CC1. The second-order valence-corrected chi connectivity index (χ2v) is 5.83. The first kappa shape index (κ1) is 15.5. The molecular weight excluding hydrogens is 276 g/mol. The van der Waals surface area contributed by atoms with Crippen LogP contribution in [0.1, 0.15) is 5.56 Å². The number of piperazine rings is 1. The van der Waals surface area contributed by atoms with Crippen molar-refractivity contribution in [2.24, 2.45) is 0 Å². The van der Waals surface area contributed by atoms with Gasteiger partial charge in [0.1, 0.15) is 5.82 Å². The lowest BCUT2D eigenvalue weighted by Gasteiger charge is -2.36. The summed E-state index contributed by atoms with van der Waals surface area (Å²) in [5, 5.41) is 9.79. The van der Waals surface area contributed by atoms with E-state index < -0.39 is 0 Å². The number of rotatable bonds is 5. The lowest BCUT2D eigenvalue weighted by atomic mass is 10.2. The Morgan fingerprint density at radius 2 is 2.00 bits per heavy atom. The summed E-state index contributed by atoms with van der Waals surface area (Å²) in [6, 6.07) is 1.89. The van der Waals surface area contributed by atoms with Crippen molar-refractivity contribution < 1.29 is 5.11 Å². The van der Waals surface area contributed by atoms with Gasteiger partial charge in [0, 0.05) is 51.0 Å². The number of anilines is 1. The fraction of sp³-hybridized carbons (Fsp3) is 0.643. The molecule has 0 spiro atoms. The fourth-order valence-electron chi connectivity index (χ4n) is 2.30. The van der Waals surface area contributed by atoms with Crippen molar-refractivity contribution in [1.29, 1.82) is 0 Å². The van der Waals surface area contributed by atoms with Gasteiger partial charge in [0.15, 0.2) is 0 Å². The van der Waals surface area contributed by atoms with Gasteiger partial charge < -0.3 is 14.9 Å². The molecule has 5 nitrogen and oxygen atoms in total. The molecule has 1 aliphatic rings. The molecule has 20 heavy (non-hydrogen) atoms. The number of nitrogens with zero attached hydrogens (tertiary/aromatic N) is 4. The summed E-state index contributed by atoms with van der Waals surface area (Å²) in [5.74, 6) is 0.908. The van der Waals surface area contributed by atoms with E-state index in [-0.39, 0.29) is 6.61 Å². The quantitative estimate of drug-likeness (QED) is 0.875. The Kier molecular flexibility index (Phi) is 5.60. The van der Waals surface area contributed by atoms with Crippen LogP contribution in [0.3, 0.4) is 0 Å². The van der Waals surface area contributed by atoms with Crippen molar-refractivity contribution >= 4 is 17.4 Å². The molecule has 0 unspecified atom stereocenters. The highest BCUT2D eigenvalue weighted by Crippen LogP contribution is 2.21. The van der Waals surface area contributed by atoms with Crippen LogP contribution in [0.25, 0.3) is 0 Å². The molecule has 1 aromatic heterocycles. The molecule has 0 aliphatic carbocycles. The number of aliphatic hydroxyl groups excluding tert-OH is 1. The molecule has 0 atom stereocenters.